The van der Waals surface area contributed by atoms with Gasteiger partial charge in [0.1, 0.15) is 11.5 Å². The average Bonchev–Trinajstić information content (AvgIpc) is 2.55. The molecule has 0 saturated carbocycles. The molecular weight excluding hydrogens is 304 g/mol. The maximum atomic E-state index is 12.1. The van der Waals surface area contributed by atoms with E-state index < -0.39 is 0 Å². The number of nitrogens with one attached hydrogen (secondary N) is 1. The zero-order valence-electron chi connectivity index (χ0n) is 14.3. The maximum Gasteiger partial charge on any atom is 0.271 e. The molecule has 0 aliphatic carbocycles. The number of hydrogen-bond acceptors (Lipinski definition) is 4. The van der Waals surface area contributed by atoms with E-state index >= 15 is 0 Å². The maximum absolute atomic E-state index is 12.1. The van der Waals surface area contributed by atoms with E-state index in [1.165, 1.54) is 19.4 Å². The van der Waals surface area contributed by atoms with Gasteiger partial charge in [-0.3, -0.25) is 4.79 Å². The number of amides is 1. The highest BCUT2D eigenvalue weighted by Gasteiger charge is 2.14. The molecule has 24 heavy (non-hydrogen) atoms. The van der Waals surface area contributed by atoms with Crippen molar-refractivity contribution >= 4 is 12.1 Å². The fourth-order valence-corrected chi connectivity index (χ4v) is 2.11. The van der Waals surface area contributed by atoms with E-state index in [0.29, 0.717) is 16.9 Å². The summed E-state index contributed by atoms with van der Waals surface area (Å²) in [5.74, 6) is 0.343. The minimum atomic E-state index is -0.311. The Morgan fingerprint density at radius 3 is 2.42 bits per heavy atom. The van der Waals surface area contributed by atoms with Gasteiger partial charge in [0, 0.05) is 11.1 Å². The van der Waals surface area contributed by atoms with Crippen LogP contribution < -0.4 is 10.2 Å². The SMILES string of the molecule is COc1ccc(O)c(/C=N/NC(=O)c2ccc(C(C)(C)C)cc2)c1. The minimum Gasteiger partial charge on any atom is -0.507 e. The van der Waals surface area contributed by atoms with Crippen LogP contribution in [0.15, 0.2) is 47.6 Å². The number of hydrazone groups is 1. The monoisotopic (exact) mass is 326 g/mol. The standard InChI is InChI=1S/C19H22N2O3/c1-19(2,3)15-7-5-13(6-8-15)18(23)21-20-12-14-11-16(24-4)9-10-17(14)22/h5-12,22H,1-4H3,(H,21,23)/b20-12+. The van der Waals surface area contributed by atoms with Crippen molar-refractivity contribution in [1.82, 2.24) is 5.43 Å². The summed E-state index contributed by atoms with van der Waals surface area (Å²) in [7, 11) is 1.54. The summed E-state index contributed by atoms with van der Waals surface area (Å²) >= 11 is 0. The van der Waals surface area contributed by atoms with Crippen LogP contribution in [0.25, 0.3) is 0 Å². The number of phenols is 1. The van der Waals surface area contributed by atoms with Crippen LogP contribution in [0.5, 0.6) is 11.5 Å². The Bertz CT molecular complexity index is 744. The van der Waals surface area contributed by atoms with Crippen molar-refractivity contribution in [2.75, 3.05) is 7.11 Å². The molecule has 0 heterocycles. The number of aromatic hydroxyl groups is 1. The lowest BCUT2D eigenvalue weighted by Crippen LogP contribution is -2.18. The van der Waals surface area contributed by atoms with Crippen LogP contribution >= 0.6 is 0 Å². The highest BCUT2D eigenvalue weighted by Crippen LogP contribution is 2.22. The predicted octanol–water partition coefficient (Wildman–Crippen LogP) is 3.46. The van der Waals surface area contributed by atoms with Crippen LogP contribution in [-0.2, 0) is 5.41 Å². The zero-order valence-corrected chi connectivity index (χ0v) is 14.3. The van der Waals surface area contributed by atoms with Crippen molar-refractivity contribution in [2.45, 2.75) is 26.2 Å². The van der Waals surface area contributed by atoms with Crippen molar-refractivity contribution in [3.63, 3.8) is 0 Å². The highest BCUT2D eigenvalue weighted by atomic mass is 16.5. The second-order valence-electron chi connectivity index (χ2n) is 6.45. The van der Waals surface area contributed by atoms with E-state index in [2.05, 4.69) is 31.3 Å². The molecule has 0 spiro atoms. The number of hydrogen-bond donors (Lipinski definition) is 2. The van der Waals surface area contributed by atoms with Crippen LogP contribution in [-0.4, -0.2) is 24.3 Å². The van der Waals surface area contributed by atoms with Crippen LogP contribution in [0.3, 0.4) is 0 Å². The Hall–Kier alpha value is -2.82. The molecule has 5 nitrogen and oxygen atoms in total. The molecule has 2 N–H and O–H groups in total. The fourth-order valence-electron chi connectivity index (χ4n) is 2.11. The summed E-state index contributed by atoms with van der Waals surface area (Å²) in [6.45, 7) is 6.35. The first-order chi connectivity index (χ1) is 11.3. The van der Waals surface area contributed by atoms with E-state index in [0.717, 1.165) is 5.56 Å². The van der Waals surface area contributed by atoms with Gasteiger partial charge in [0.05, 0.1) is 13.3 Å². The number of rotatable bonds is 4. The van der Waals surface area contributed by atoms with Gasteiger partial charge < -0.3 is 9.84 Å². The molecule has 0 aromatic heterocycles. The van der Waals surface area contributed by atoms with Crippen molar-refractivity contribution in [3.05, 3.63) is 59.2 Å². The third-order valence-electron chi connectivity index (χ3n) is 3.62. The van der Waals surface area contributed by atoms with Crippen molar-refractivity contribution in [3.8, 4) is 11.5 Å². The van der Waals surface area contributed by atoms with Gasteiger partial charge in [0.15, 0.2) is 0 Å². The summed E-state index contributed by atoms with van der Waals surface area (Å²) in [6, 6.07) is 12.2. The summed E-state index contributed by atoms with van der Waals surface area (Å²) < 4.78 is 5.09. The highest BCUT2D eigenvalue weighted by molar-refractivity contribution is 5.95. The van der Waals surface area contributed by atoms with E-state index in [1.807, 2.05) is 12.1 Å². The summed E-state index contributed by atoms with van der Waals surface area (Å²) in [6.07, 6.45) is 1.37. The van der Waals surface area contributed by atoms with Crippen molar-refractivity contribution in [2.24, 2.45) is 5.10 Å². The average molecular weight is 326 g/mol. The van der Waals surface area contributed by atoms with Crippen molar-refractivity contribution < 1.29 is 14.6 Å². The second kappa shape index (κ2) is 7.17. The van der Waals surface area contributed by atoms with Gasteiger partial charge in [-0.1, -0.05) is 32.9 Å². The molecule has 5 heteroatoms. The molecule has 0 aliphatic rings. The number of benzene rings is 2. The van der Waals surface area contributed by atoms with Crippen LogP contribution in [0.2, 0.25) is 0 Å². The first kappa shape index (κ1) is 17.5. The summed E-state index contributed by atoms with van der Waals surface area (Å²) in [5.41, 5.74) is 4.62. The Morgan fingerprint density at radius 2 is 1.83 bits per heavy atom. The summed E-state index contributed by atoms with van der Waals surface area (Å²) in [4.78, 5) is 12.1. The minimum absolute atomic E-state index is 0.0387. The molecular formula is C19H22N2O3. The Kier molecular flexibility index (Phi) is 5.24. The van der Waals surface area contributed by atoms with Crippen LogP contribution in [0.4, 0.5) is 0 Å². The van der Waals surface area contributed by atoms with Gasteiger partial charge in [0.25, 0.3) is 5.91 Å². The number of methoxy groups -OCH3 is 1. The number of phenolic OH excluding ortho intramolecular Hbond substituents is 1. The number of carbonyl (C=O) groups is 1. The molecule has 2 aromatic carbocycles. The van der Waals surface area contributed by atoms with E-state index in [4.69, 9.17) is 4.74 Å². The lowest BCUT2D eigenvalue weighted by Gasteiger charge is -2.18. The molecule has 0 bridgehead atoms. The Balaban J connectivity index is 2.05. The quantitative estimate of drug-likeness (QED) is 0.667. The molecule has 0 atom stereocenters. The zero-order chi connectivity index (χ0) is 17.7. The smallest absolute Gasteiger partial charge is 0.271 e. The normalized spacial score (nSPS) is 11.5. The molecule has 0 unspecified atom stereocenters. The molecule has 1 amide bonds. The van der Waals surface area contributed by atoms with Crippen LogP contribution in [0.1, 0.15) is 42.3 Å². The van der Waals surface area contributed by atoms with E-state index in [-0.39, 0.29) is 17.1 Å². The van der Waals surface area contributed by atoms with Gasteiger partial charge in [0.2, 0.25) is 0 Å². The third kappa shape index (κ3) is 4.35. The van der Waals surface area contributed by atoms with Crippen molar-refractivity contribution in [1.29, 1.82) is 0 Å². The van der Waals surface area contributed by atoms with E-state index in [9.17, 15) is 9.90 Å². The lowest BCUT2D eigenvalue weighted by atomic mass is 9.87. The molecule has 126 valence electrons. The molecule has 0 radical (unpaired) electrons. The molecule has 2 aromatic rings. The molecule has 0 saturated heterocycles. The Labute approximate surface area is 142 Å². The van der Waals surface area contributed by atoms with Gasteiger partial charge in [-0.2, -0.15) is 5.10 Å². The first-order valence-electron chi connectivity index (χ1n) is 7.62. The van der Waals surface area contributed by atoms with E-state index in [1.54, 1.807) is 24.3 Å². The van der Waals surface area contributed by atoms with Crippen LogP contribution in [0, 0.1) is 0 Å². The first-order valence-corrected chi connectivity index (χ1v) is 7.62. The molecule has 0 fully saturated rings. The predicted molar refractivity (Wildman–Crippen MR) is 94.9 cm³/mol. The Morgan fingerprint density at radius 1 is 1.17 bits per heavy atom. The second-order valence-corrected chi connectivity index (χ2v) is 6.45. The van der Waals surface area contributed by atoms with Gasteiger partial charge >= 0.3 is 0 Å². The number of ether oxygens (including phenoxy) is 1. The van der Waals surface area contributed by atoms with Gasteiger partial charge in [-0.05, 0) is 41.3 Å². The van der Waals surface area contributed by atoms with Gasteiger partial charge in [-0.15, -0.1) is 0 Å². The van der Waals surface area contributed by atoms with Gasteiger partial charge in [-0.25, -0.2) is 5.43 Å². The number of carbonyl (C=O) groups excluding carboxylic acids is 1. The lowest BCUT2D eigenvalue weighted by molar-refractivity contribution is 0.0955. The number of nitrogens with zero attached hydrogens (tertiary/aromatic N) is 1. The molecule has 2 rings (SSSR count). The third-order valence-corrected chi connectivity index (χ3v) is 3.62. The summed E-state index contributed by atoms with van der Waals surface area (Å²) in [5, 5.41) is 13.6. The topological polar surface area (TPSA) is 70.9 Å². The fraction of sp³-hybridized carbons (Fsp3) is 0.263. The largest absolute Gasteiger partial charge is 0.507 e. The molecule has 0 aliphatic heterocycles.